The van der Waals surface area contributed by atoms with Crippen molar-refractivity contribution >= 4 is 5.96 Å². The molecule has 96 valence electrons. The molecule has 0 rings (SSSR count). The van der Waals surface area contributed by atoms with Crippen LogP contribution in [0.2, 0.25) is 0 Å². The summed E-state index contributed by atoms with van der Waals surface area (Å²) < 4.78 is 5.10. The van der Waals surface area contributed by atoms with Crippen LogP contribution in [-0.4, -0.2) is 42.7 Å². The molecule has 1 unspecified atom stereocenters. The van der Waals surface area contributed by atoms with Crippen molar-refractivity contribution in [1.82, 2.24) is 4.90 Å². The Morgan fingerprint density at radius 3 is 2.38 bits per heavy atom. The van der Waals surface area contributed by atoms with Crippen LogP contribution in [0.15, 0.2) is 4.99 Å². The largest absolute Gasteiger partial charge is 0.383 e. The monoisotopic (exact) mass is 229 g/mol. The van der Waals surface area contributed by atoms with Crippen molar-refractivity contribution in [2.75, 3.05) is 20.3 Å². The SMILES string of the molecule is CCC(C)N(CCOC)C(N)=NC(C)(C)C. The van der Waals surface area contributed by atoms with E-state index in [4.69, 9.17) is 10.5 Å². The van der Waals surface area contributed by atoms with Gasteiger partial charge in [0.2, 0.25) is 0 Å². The molecule has 0 aromatic heterocycles. The lowest BCUT2D eigenvalue weighted by Crippen LogP contribution is -2.46. The third-order valence-electron chi connectivity index (χ3n) is 2.40. The highest BCUT2D eigenvalue weighted by Gasteiger charge is 2.17. The molecule has 0 aliphatic carbocycles. The van der Waals surface area contributed by atoms with Crippen molar-refractivity contribution in [3.63, 3.8) is 0 Å². The van der Waals surface area contributed by atoms with E-state index in [9.17, 15) is 0 Å². The zero-order valence-corrected chi connectivity index (χ0v) is 11.6. The first-order chi connectivity index (χ1) is 7.31. The lowest BCUT2D eigenvalue weighted by molar-refractivity contribution is 0.162. The average molecular weight is 229 g/mol. The number of hydrogen-bond donors (Lipinski definition) is 1. The highest BCUT2D eigenvalue weighted by molar-refractivity contribution is 5.78. The topological polar surface area (TPSA) is 50.9 Å². The van der Waals surface area contributed by atoms with Crippen molar-refractivity contribution in [3.8, 4) is 0 Å². The molecule has 0 amide bonds. The molecule has 0 aromatic carbocycles. The van der Waals surface area contributed by atoms with Crippen molar-refractivity contribution in [1.29, 1.82) is 0 Å². The van der Waals surface area contributed by atoms with Gasteiger partial charge in [-0.05, 0) is 34.1 Å². The third-order valence-corrected chi connectivity index (χ3v) is 2.40. The molecule has 0 bridgehead atoms. The molecule has 1 atom stereocenters. The number of methoxy groups -OCH3 is 1. The quantitative estimate of drug-likeness (QED) is 0.578. The molecule has 0 spiro atoms. The molecule has 0 fully saturated rings. The highest BCUT2D eigenvalue weighted by Crippen LogP contribution is 2.09. The minimum absolute atomic E-state index is 0.136. The first-order valence-electron chi connectivity index (χ1n) is 5.92. The van der Waals surface area contributed by atoms with Crippen molar-refractivity contribution < 1.29 is 4.74 Å². The molecule has 0 saturated heterocycles. The second-order valence-electron chi connectivity index (χ2n) is 5.08. The second-order valence-corrected chi connectivity index (χ2v) is 5.08. The van der Waals surface area contributed by atoms with Crippen LogP contribution in [0.4, 0.5) is 0 Å². The molecule has 0 aromatic rings. The number of guanidine groups is 1. The molecule has 0 saturated carbocycles. The smallest absolute Gasteiger partial charge is 0.192 e. The summed E-state index contributed by atoms with van der Waals surface area (Å²) in [6.45, 7) is 11.9. The Morgan fingerprint density at radius 1 is 1.44 bits per heavy atom. The van der Waals surface area contributed by atoms with Gasteiger partial charge in [-0.1, -0.05) is 6.92 Å². The van der Waals surface area contributed by atoms with E-state index in [0.717, 1.165) is 13.0 Å². The van der Waals surface area contributed by atoms with E-state index in [-0.39, 0.29) is 5.54 Å². The number of nitrogens with zero attached hydrogens (tertiary/aromatic N) is 2. The van der Waals surface area contributed by atoms with Gasteiger partial charge in [0, 0.05) is 19.7 Å². The van der Waals surface area contributed by atoms with Crippen LogP contribution in [-0.2, 0) is 4.74 Å². The minimum atomic E-state index is -0.136. The first-order valence-corrected chi connectivity index (χ1v) is 5.92. The molecule has 4 nitrogen and oxygen atoms in total. The fraction of sp³-hybridized carbons (Fsp3) is 0.917. The zero-order chi connectivity index (χ0) is 12.8. The molecule has 16 heavy (non-hydrogen) atoms. The Kier molecular flexibility index (Phi) is 6.41. The van der Waals surface area contributed by atoms with Crippen LogP contribution in [0.5, 0.6) is 0 Å². The van der Waals surface area contributed by atoms with Crippen LogP contribution < -0.4 is 5.73 Å². The number of aliphatic imine (C=N–C) groups is 1. The van der Waals surface area contributed by atoms with E-state index >= 15 is 0 Å². The Hall–Kier alpha value is -0.770. The van der Waals surface area contributed by atoms with Gasteiger partial charge in [0.15, 0.2) is 5.96 Å². The van der Waals surface area contributed by atoms with Gasteiger partial charge in [0.25, 0.3) is 0 Å². The molecule has 0 aliphatic heterocycles. The van der Waals surface area contributed by atoms with Gasteiger partial charge in [-0.15, -0.1) is 0 Å². The molecule has 0 aliphatic rings. The summed E-state index contributed by atoms with van der Waals surface area (Å²) in [5, 5.41) is 0. The molecule has 2 N–H and O–H groups in total. The first kappa shape index (κ1) is 15.2. The maximum atomic E-state index is 6.04. The van der Waals surface area contributed by atoms with Gasteiger partial charge in [0.1, 0.15) is 0 Å². The Morgan fingerprint density at radius 2 is 2.00 bits per heavy atom. The van der Waals surface area contributed by atoms with E-state index in [0.29, 0.717) is 18.6 Å². The normalized spacial score (nSPS) is 15.0. The molecule has 4 heteroatoms. The van der Waals surface area contributed by atoms with Gasteiger partial charge < -0.3 is 15.4 Å². The van der Waals surface area contributed by atoms with Crippen molar-refractivity contribution in [2.45, 2.75) is 52.6 Å². The van der Waals surface area contributed by atoms with E-state index in [1.807, 2.05) is 20.8 Å². The molecular weight excluding hydrogens is 202 g/mol. The summed E-state index contributed by atoms with van der Waals surface area (Å²) >= 11 is 0. The molecule has 0 heterocycles. The number of ether oxygens (including phenoxy) is 1. The Bertz CT molecular complexity index is 221. The Labute approximate surface area is 99.9 Å². The third kappa shape index (κ3) is 5.95. The Balaban J connectivity index is 4.68. The lowest BCUT2D eigenvalue weighted by Gasteiger charge is -2.30. The lowest BCUT2D eigenvalue weighted by atomic mass is 10.1. The summed E-state index contributed by atoms with van der Waals surface area (Å²) in [6, 6.07) is 0.390. The van der Waals surface area contributed by atoms with E-state index in [1.165, 1.54) is 0 Å². The molecular formula is C12H27N3O. The maximum Gasteiger partial charge on any atom is 0.192 e. The average Bonchev–Trinajstić information content (AvgIpc) is 2.15. The van der Waals surface area contributed by atoms with Gasteiger partial charge >= 0.3 is 0 Å². The molecule has 0 radical (unpaired) electrons. The number of rotatable bonds is 5. The highest BCUT2D eigenvalue weighted by atomic mass is 16.5. The van der Waals surface area contributed by atoms with Gasteiger partial charge in [0.05, 0.1) is 12.1 Å². The number of hydrogen-bond acceptors (Lipinski definition) is 2. The van der Waals surface area contributed by atoms with E-state index in [2.05, 4.69) is 23.7 Å². The van der Waals surface area contributed by atoms with Crippen molar-refractivity contribution in [2.24, 2.45) is 10.7 Å². The summed E-state index contributed by atoms with van der Waals surface area (Å²) in [4.78, 5) is 6.60. The zero-order valence-electron chi connectivity index (χ0n) is 11.6. The van der Waals surface area contributed by atoms with Crippen molar-refractivity contribution in [3.05, 3.63) is 0 Å². The fourth-order valence-corrected chi connectivity index (χ4v) is 1.38. The summed E-state index contributed by atoms with van der Waals surface area (Å²) in [5.41, 5.74) is 5.91. The van der Waals surface area contributed by atoms with Crippen LogP contribution in [0.1, 0.15) is 41.0 Å². The second kappa shape index (κ2) is 6.74. The van der Waals surface area contributed by atoms with Crippen LogP contribution in [0.25, 0.3) is 0 Å². The van der Waals surface area contributed by atoms with Crippen LogP contribution in [0, 0.1) is 0 Å². The van der Waals surface area contributed by atoms with Crippen LogP contribution >= 0.6 is 0 Å². The van der Waals surface area contributed by atoms with Crippen LogP contribution in [0.3, 0.4) is 0 Å². The number of nitrogens with two attached hydrogens (primary N) is 1. The summed E-state index contributed by atoms with van der Waals surface area (Å²) in [7, 11) is 1.70. The standard InChI is InChI=1S/C12H27N3O/c1-7-10(2)15(8-9-16-6)11(13)14-12(3,4)5/h10H,7-9H2,1-6H3,(H2,13,14). The van der Waals surface area contributed by atoms with Gasteiger partial charge in [-0.2, -0.15) is 0 Å². The van der Waals surface area contributed by atoms with E-state index < -0.39 is 0 Å². The summed E-state index contributed by atoms with van der Waals surface area (Å²) in [6.07, 6.45) is 1.05. The fourth-order valence-electron chi connectivity index (χ4n) is 1.38. The maximum absolute atomic E-state index is 6.04. The van der Waals surface area contributed by atoms with E-state index in [1.54, 1.807) is 7.11 Å². The predicted molar refractivity (Wildman–Crippen MR) is 69.7 cm³/mol. The minimum Gasteiger partial charge on any atom is -0.383 e. The summed E-state index contributed by atoms with van der Waals surface area (Å²) in [5.74, 6) is 0.610. The van der Waals surface area contributed by atoms with Gasteiger partial charge in [-0.3, -0.25) is 0 Å². The van der Waals surface area contributed by atoms with Gasteiger partial charge in [-0.25, -0.2) is 4.99 Å². The predicted octanol–water partition coefficient (Wildman–Crippen LogP) is 1.85.